The van der Waals surface area contributed by atoms with Crippen molar-refractivity contribution in [1.82, 2.24) is 0 Å². The number of phenolic OH excluding ortho intramolecular Hbond substituents is 6. The number of carboxylic acid groups (broad SMARTS) is 3. The monoisotopic (exact) mass is 708 g/mol. The molecule has 16 heteroatoms. The van der Waals surface area contributed by atoms with Crippen LogP contribution in [0.3, 0.4) is 0 Å². The van der Waals surface area contributed by atoms with Gasteiger partial charge in [0.15, 0.2) is 17.2 Å². The Balaban J connectivity index is 0.000000518. The summed E-state index contributed by atoms with van der Waals surface area (Å²) in [5, 5.41) is 79.2. The molecular weight excluding hydrogens is 692 g/mol. The quantitative estimate of drug-likeness (QED) is 0.140. The van der Waals surface area contributed by atoms with Gasteiger partial charge in [0.25, 0.3) is 0 Å². The first-order chi connectivity index (χ1) is 16.6. The first-order valence-electron chi connectivity index (χ1n) is 8.95. The van der Waals surface area contributed by atoms with Gasteiger partial charge in [-0.05, 0) is 18.2 Å². The zero-order chi connectivity index (χ0) is 27.9. The molecule has 0 amide bonds. The Labute approximate surface area is 265 Å². The van der Waals surface area contributed by atoms with Gasteiger partial charge in [0.1, 0.15) is 17.2 Å². The van der Waals surface area contributed by atoms with Crippen LogP contribution in [-0.2, 0) is 37.9 Å². The number of carbonyl (C=O) groups is 3. The number of carboxylic acids is 3. The van der Waals surface area contributed by atoms with Crippen LogP contribution in [0.25, 0.3) is 0 Å². The van der Waals surface area contributed by atoms with Gasteiger partial charge in [-0.15, -0.1) is 14.7 Å². The SMILES string of the molecule is O=C(O)c1cc(O)c(O)c([S-])c1.O=C(O)c1cc(O)c(O)c([S-])c1.O=C(O)c1cc(O)c(O)c([S-])c1.[Eu+3]. The molecule has 0 saturated heterocycles. The van der Waals surface area contributed by atoms with Gasteiger partial charge in [0, 0.05) is 0 Å². The van der Waals surface area contributed by atoms with Gasteiger partial charge >= 0.3 is 67.3 Å². The van der Waals surface area contributed by atoms with Gasteiger partial charge in [-0.2, -0.15) is 0 Å². The average molecular weight is 708 g/mol. The third-order valence-corrected chi connectivity index (χ3v) is 4.84. The molecule has 12 nitrogen and oxygen atoms in total. The summed E-state index contributed by atoms with van der Waals surface area (Å²) in [4.78, 5) is 30.9. The maximum Gasteiger partial charge on any atom is 3.00 e. The van der Waals surface area contributed by atoms with E-state index in [1.807, 2.05) is 0 Å². The number of rotatable bonds is 3. The molecule has 37 heavy (non-hydrogen) atoms. The summed E-state index contributed by atoms with van der Waals surface area (Å²) in [7, 11) is 0. The van der Waals surface area contributed by atoms with Crippen molar-refractivity contribution in [2.45, 2.75) is 14.7 Å². The predicted molar refractivity (Wildman–Crippen MR) is 127 cm³/mol. The van der Waals surface area contributed by atoms with Crippen molar-refractivity contribution in [1.29, 1.82) is 0 Å². The topological polar surface area (TPSA) is 233 Å². The van der Waals surface area contributed by atoms with E-state index in [-0.39, 0.29) is 80.8 Å². The van der Waals surface area contributed by atoms with E-state index in [4.69, 9.17) is 46.0 Å². The molecule has 0 unspecified atom stereocenters. The maximum absolute atomic E-state index is 10.4. The Bertz CT molecular complexity index is 1100. The molecule has 3 rings (SSSR count). The fourth-order valence-corrected chi connectivity index (χ4v) is 2.84. The molecule has 0 aliphatic carbocycles. The van der Waals surface area contributed by atoms with E-state index >= 15 is 0 Å². The van der Waals surface area contributed by atoms with Crippen LogP contribution in [0.15, 0.2) is 51.1 Å². The molecule has 0 saturated carbocycles. The summed E-state index contributed by atoms with van der Waals surface area (Å²) in [5.41, 5.74) is -0.430. The second-order valence-electron chi connectivity index (χ2n) is 6.44. The minimum Gasteiger partial charge on any atom is -0.776 e. The zero-order valence-corrected chi connectivity index (χ0v) is 22.7. The average Bonchev–Trinajstić information content (AvgIpc) is 2.79. The van der Waals surface area contributed by atoms with Crippen LogP contribution in [0.2, 0.25) is 0 Å². The van der Waals surface area contributed by atoms with E-state index in [0.717, 1.165) is 36.4 Å². The number of benzene rings is 3. The summed E-state index contributed by atoms with van der Waals surface area (Å²) in [5.74, 6) is -6.52. The van der Waals surface area contributed by atoms with E-state index in [9.17, 15) is 14.4 Å². The number of hydrogen-bond acceptors (Lipinski definition) is 12. The van der Waals surface area contributed by atoms with Crippen LogP contribution >= 0.6 is 0 Å². The number of hydrogen-bond donors (Lipinski definition) is 9. The van der Waals surface area contributed by atoms with E-state index in [2.05, 4.69) is 37.9 Å². The van der Waals surface area contributed by atoms with Crippen molar-refractivity contribution in [3.8, 4) is 34.5 Å². The zero-order valence-electron chi connectivity index (χ0n) is 17.8. The number of phenols is 6. The van der Waals surface area contributed by atoms with Crippen LogP contribution in [0.5, 0.6) is 34.5 Å². The van der Waals surface area contributed by atoms with Gasteiger partial charge in [-0.3, -0.25) is 0 Å². The molecule has 0 spiro atoms. The van der Waals surface area contributed by atoms with Gasteiger partial charge in [0.2, 0.25) is 0 Å². The van der Waals surface area contributed by atoms with Gasteiger partial charge in [-0.25, -0.2) is 14.4 Å². The fourth-order valence-electron chi connectivity index (χ4n) is 2.15. The van der Waals surface area contributed by atoms with Crippen molar-refractivity contribution in [3.63, 3.8) is 0 Å². The first kappa shape index (κ1) is 34.1. The number of aromatic carboxylic acids is 3. The molecule has 0 atom stereocenters. The molecule has 0 aromatic heterocycles. The second kappa shape index (κ2) is 14.8. The van der Waals surface area contributed by atoms with Crippen molar-refractivity contribution in [2.24, 2.45) is 0 Å². The van der Waals surface area contributed by atoms with Crippen LogP contribution < -0.4 is 0 Å². The Morgan fingerprint density at radius 3 is 0.784 bits per heavy atom. The summed E-state index contributed by atoms with van der Waals surface area (Å²) in [6.07, 6.45) is 0. The number of aromatic hydroxyl groups is 6. The van der Waals surface area contributed by atoms with Crippen LogP contribution in [-0.4, -0.2) is 63.9 Å². The minimum absolute atomic E-state index is 0. The summed E-state index contributed by atoms with van der Waals surface area (Å²) < 4.78 is 0. The van der Waals surface area contributed by atoms with Crippen molar-refractivity contribution in [2.75, 3.05) is 0 Å². The van der Waals surface area contributed by atoms with E-state index < -0.39 is 52.4 Å². The maximum atomic E-state index is 10.4. The normalized spacial score (nSPS) is 9.41. The Morgan fingerprint density at radius 1 is 0.459 bits per heavy atom. The third kappa shape index (κ3) is 9.83. The standard InChI is InChI=1S/3C7H6O4S.Eu/c3*8-4-1-3(7(10)11)2-5(12)6(4)9;/h3*1-2,8-9,12H,(H,10,11);/q;;;+3/p-3. The molecule has 3 aromatic carbocycles. The van der Waals surface area contributed by atoms with Crippen molar-refractivity contribution < 1.29 is 110 Å². The minimum atomic E-state index is -1.20. The van der Waals surface area contributed by atoms with Crippen molar-refractivity contribution in [3.05, 3.63) is 53.1 Å². The van der Waals surface area contributed by atoms with E-state index in [1.54, 1.807) is 0 Å². The third-order valence-electron chi connectivity index (χ3n) is 3.91. The molecule has 196 valence electrons. The van der Waals surface area contributed by atoms with Crippen LogP contribution in [0.1, 0.15) is 31.1 Å². The first-order valence-corrected chi connectivity index (χ1v) is 10.2. The van der Waals surface area contributed by atoms with Gasteiger partial charge in [0.05, 0.1) is 16.7 Å². The Kier molecular flexibility index (Phi) is 13.6. The summed E-state index contributed by atoms with van der Waals surface area (Å²) in [6.45, 7) is 0. The molecule has 0 aliphatic rings. The molecular formula is C21H15EuO12S3. The van der Waals surface area contributed by atoms with E-state index in [0.29, 0.717) is 0 Å². The smallest absolute Gasteiger partial charge is 0.776 e. The van der Waals surface area contributed by atoms with Gasteiger partial charge in [-0.1, -0.05) is 18.2 Å². The molecule has 0 heterocycles. The Morgan fingerprint density at radius 2 is 0.649 bits per heavy atom. The largest absolute Gasteiger partial charge is 3.00 e. The fraction of sp³-hybridized carbons (Fsp3) is 0. The molecule has 9 N–H and O–H groups in total. The molecule has 0 aliphatic heterocycles. The molecule has 0 fully saturated rings. The summed E-state index contributed by atoms with van der Waals surface area (Å²) in [6, 6.07) is 6.13. The van der Waals surface area contributed by atoms with Crippen molar-refractivity contribution >= 4 is 55.8 Å². The van der Waals surface area contributed by atoms with E-state index in [1.165, 1.54) is 0 Å². The predicted octanol–water partition coefficient (Wildman–Crippen LogP) is 2.11. The van der Waals surface area contributed by atoms with Gasteiger partial charge < -0.3 is 83.8 Å². The van der Waals surface area contributed by atoms with Crippen LogP contribution in [0, 0.1) is 49.4 Å². The Hall–Kier alpha value is -2.89. The second-order valence-corrected chi connectivity index (χ2v) is 7.76. The summed E-state index contributed by atoms with van der Waals surface area (Å²) >= 11 is 13.7. The molecule has 3 aromatic rings. The molecule has 0 bridgehead atoms. The van der Waals surface area contributed by atoms with Crippen LogP contribution in [0.4, 0.5) is 0 Å². The molecule has 0 radical (unpaired) electrons.